The van der Waals surface area contributed by atoms with Crippen molar-refractivity contribution in [2.24, 2.45) is 0 Å². The predicted octanol–water partition coefficient (Wildman–Crippen LogP) is 22.9. The molecule has 0 saturated heterocycles. The second-order valence-corrected chi connectivity index (χ2v) is 37.6. The zero-order valence-electron chi connectivity index (χ0n) is 52.5. The Kier molecular flexibility index (Phi) is 11.7. The van der Waals surface area contributed by atoms with Crippen LogP contribution in [0.4, 0.5) is 47.3 Å². The van der Waals surface area contributed by atoms with E-state index < -0.39 is 33.3 Å². The van der Waals surface area contributed by atoms with Crippen LogP contribution in [0.25, 0.3) is 104 Å². The van der Waals surface area contributed by atoms with Crippen LogP contribution < -0.4 is 20.2 Å². The predicted molar refractivity (Wildman–Crippen MR) is 386 cm³/mol. The summed E-state index contributed by atoms with van der Waals surface area (Å²) in [6, 6.07) is 88.5. The third-order valence-electron chi connectivity index (χ3n) is 20.2. The highest BCUT2D eigenvalue weighted by molar-refractivity contribution is 6.89. The Morgan fingerprint density at radius 2 is 0.785 bits per heavy atom. The molecule has 93 heavy (non-hydrogen) atoms. The molecule has 3 aromatic heterocycles. The number of benzene rings is 13. The van der Waals surface area contributed by atoms with Crippen LogP contribution in [-0.2, 0) is 11.6 Å². The van der Waals surface area contributed by atoms with E-state index in [1.54, 1.807) is 6.07 Å². The van der Waals surface area contributed by atoms with E-state index in [0.29, 0.717) is 22.0 Å². The van der Waals surface area contributed by atoms with Crippen molar-refractivity contribution in [2.45, 2.75) is 57.8 Å². The van der Waals surface area contributed by atoms with Crippen molar-refractivity contribution in [1.82, 2.24) is 4.57 Å². The van der Waals surface area contributed by atoms with E-state index in [9.17, 15) is 0 Å². The van der Waals surface area contributed by atoms with E-state index in [1.807, 2.05) is 18.2 Å². The van der Waals surface area contributed by atoms with Gasteiger partial charge in [0.25, 0.3) is 0 Å². The number of anilines is 6. The van der Waals surface area contributed by atoms with Crippen LogP contribution in [0.15, 0.2) is 258 Å². The van der Waals surface area contributed by atoms with Gasteiger partial charge in [-0.15, -0.1) is 0 Å². The Bertz CT molecular complexity index is 5870. The van der Waals surface area contributed by atoms with Crippen molar-refractivity contribution in [3.63, 3.8) is 0 Å². The van der Waals surface area contributed by atoms with Crippen molar-refractivity contribution in [3.05, 3.63) is 282 Å². The van der Waals surface area contributed by atoms with E-state index >= 15 is 13.2 Å². The molecule has 18 rings (SSSR count). The number of furan rings is 2. The molecule has 0 saturated carbocycles. The highest BCUT2D eigenvalue weighted by Gasteiger charge is 2.53. The molecule has 1 aliphatic heterocycles. The smallest absolute Gasteiger partial charge is 0.420 e. The van der Waals surface area contributed by atoms with Crippen LogP contribution in [0.3, 0.4) is 0 Å². The molecule has 2 aliphatic rings. The Labute approximate surface area is 537 Å². The number of aryl methyl sites for hydroxylation is 1. The summed E-state index contributed by atoms with van der Waals surface area (Å²) >= 11 is 0. The Morgan fingerprint density at radius 1 is 0.366 bits per heavy atom. The maximum Gasteiger partial charge on any atom is 0.420 e. The molecule has 5 nitrogen and oxygen atoms in total. The van der Waals surface area contributed by atoms with Gasteiger partial charge in [0.1, 0.15) is 11.2 Å². The first kappa shape index (κ1) is 55.4. The lowest BCUT2D eigenvalue weighted by Crippen LogP contribution is -2.37. The van der Waals surface area contributed by atoms with Gasteiger partial charge >= 0.3 is 6.18 Å². The zero-order valence-corrected chi connectivity index (χ0v) is 54.5. The molecule has 1 unspecified atom stereocenters. The lowest BCUT2D eigenvalue weighted by molar-refractivity contribution is -0.136. The molecule has 1 aliphatic carbocycles. The molecular weight excluding hydrogens is 1180 g/mol. The maximum absolute atomic E-state index is 15.1. The van der Waals surface area contributed by atoms with Crippen molar-refractivity contribution in [1.29, 1.82) is 0 Å². The fraction of sp³-hybridized carbons (Fsp3) is 0.108. The van der Waals surface area contributed by atoms with E-state index in [4.69, 9.17) is 8.83 Å². The fourth-order valence-corrected chi connectivity index (χ4v) is 18.3. The average Bonchev–Trinajstić information content (AvgIpc) is 1.50. The first-order chi connectivity index (χ1) is 45.0. The van der Waals surface area contributed by atoms with Crippen molar-refractivity contribution >= 4 is 148 Å². The lowest BCUT2D eigenvalue weighted by Gasteiger charge is -2.40. The van der Waals surface area contributed by atoms with Crippen molar-refractivity contribution in [3.8, 4) is 16.8 Å². The molecule has 1 atom stereocenters. The summed E-state index contributed by atoms with van der Waals surface area (Å²) < 4.78 is 61.8. The van der Waals surface area contributed by atoms with Gasteiger partial charge in [-0.05, 0) is 123 Å². The van der Waals surface area contributed by atoms with Gasteiger partial charge in [-0.3, -0.25) is 0 Å². The zero-order chi connectivity index (χ0) is 63.2. The summed E-state index contributed by atoms with van der Waals surface area (Å²) in [6.07, 6.45) is -4.65. The highest BCUT2D eigenvalue weighted by atomic mass is 28.3. The van der Waals surface area contributed by atoms with Gasteiger partial charge < -0.3 is 23.2 Å². The molecule has 0 N–H and O–H groups in total. The Morgan fingerprint density at radius 3 is 1.33 bits per heavy atom. The number of hydrogen-bond acceptors (Lipinski definition) is 4. The van der Waals surface area contributed by atoms with Crippen LogP contribution in [0.1, 0.15) is 33.4 Å². The standard InChI is InChI=1S/C83H62F3N3O2Si2/c1-49-21-16-28-60-62-30-19-37-71(80(62)90-78(49)60)87(50-39-43-52(44-40-50)92(2,3)4)73-47-67-75(57-25-10-8-22-54(57)73)76-58-26-11-9-23-55(58)74(48-68(76)82(67)64-32-13-15-36-70(64)89-69-35-14-12-24-56(69)59-27-17-33-65(82)77(59)89)88(51-41-45-53(46-42-51)93(5,6)7)72-38-20-31-63-61-29-18-34-66(83(84,85)86)79(61)91-81(63)72/h8-48H,1-7H3. The van der Waals surface area contributed by atoms with Gasteiger partial charge in [-0.2, -0.15) is 13.2 Å². The molecule has 1 spiro atoms. The summed E-state index contributed by atoms with van der Waals surface area (Å²) in [7, 11) is -3.57. The van der Waals surface area contributed by atoms with Gasteiger partial charge in [0.15, 0.2) is 11.2 Å². The van der Waals surface area contributed by atoms with Gasteiger partial charge in [0.05, 0.1) is 66.6 Å². The van der Waals surface area contributed by atoms with Crippen LogP contribution in [-0.4, -0.2) is 20.7 Å². The summed E-state index contributed by atoms with van der Waals surface area (Å²) in [4.78, 5) is 4.70. The minimum Gasteiger partial charge on any atom is -0.454 e. The molecule has 4 heterocycles. The molecule has 0 amide bonds. The van der Waals surface area contributed by atoms with Gasteiger partial charge in [-0.1, -0.05) is 232 Å². The second-order valence-electron chi connectivity index (χ2n) is 27.5. The third kappa shape index (κ3) is 7.79. The second kappa shape index (κ2) is 19.6. The van der Waals surface area contributed by atoms with E-state index in [2.05, 4.69) is 273 Å². The quantitative estimate of drug-likeness (QED) is 0.142. The van der Waals surface area contributed by atoms with Crippen LogP contribution in [0.2, 0.25) is 39.3 Å². The van der Waals surface area contributed by atoms with Gasteiger partial charge in [0, 0.05) is 54.5 Å². The van der Waals surface area contributed by atoms with Crippen molar-refractivity contribution < 1.29 is 22.0 Å². The van der Waals surface area contributed by atoms with E-state index in [1.165, 1.54) is 21.8 Å². The minimum atomic E-state index is -4.65. The van der Waals surface area contributed by atoms with Crippen LogP contribution in [0.5, 0.6) is 0 Å². The Hall–Kier alpha value is -10.4. The molecule has 13 aromatic carbocycles. The molecular formula is C83H62F3N3O2Si2. The number of halogens is 3. The number of fused-ring (bicyclic) bond motifs is 22. The molecule has 0 radical (unpaired) electrons. The number of nitrogens with zero attached hydrogens (tertiary/aromatic N) is 3. The third-order valence-corrected chi connectivity index (χ3v) is 24.3. The lowest BCUT2D eigenvalue weighted by atomic mass is 9.65. The molecule has 10 heteroatoms. The number of para-hydroxylation sites is 7. The number of aromatic nitrogens is 1. The summed E-state index contributed by atoms with van der Waals surface area (Å²) in [5, 5.41) is 12.3. The number of rotatable bonds is 8. The normalized spacial score (nSPS) is 14.6. The largest absolute Gasteiger partial charge is 0.454 e. The average molecular weight is 1250 g/mol. The number of hydrogen-bond donors (Lipinski definition) is 0. The van der Waals surface area contributed by atoms with Crippen LogP contribution >= 0.6 is 0 Å². The molecule has 0 bridgehead atoms. The molecule has 450 valence electrons. The topological polar surface area (TPSA) is 37.7 Å². The first-order valence-electron chi connectivity index (χ1n) is 32.0. The minimum absolute atomic E-state index is 0.188. The molecule has 0 fully saturated rings. The van der Waals surface area contributed by atoms with Gasteiger partial charge in [-0.25, -0.2) is 0 Å². The summed E-state index contributed by atoms with van der Waals surface area (Å²) in [5.74, 6) is 0. The highest BCUT2D eigenvalue weighted by Crippen LogP contribution is 2.66. The Balaban J connectivity index is 1.01. The SMILES string of the molecule is Cc1cccc2c1oc1c(N(c3ccc([Si](C)(C)C)cc3)c3cc4c(c5ccccc35)-c3c(cc(N(c5ccc([Si](C)(C)C)cc5)c5cccc6c5oc5c(C(F)(F)F)cccc56)c5ccccc35)C43c4ccccc4-n4c5ccccc5c5cccc3c54)cccc12. The monoisotopic (exact) mass is 1250 g/mol. The van der Waals surface area contributed by atoms with E-state index in [-0.39, 0.29) is 5.58 Å². The fourth-order valence-electron chi connectivity index (χ4n) is 16.0. The van der Waals surface area contributed by atoms with Crippen LogP contribution in [0, 0.1) is 6.92 Å². The number of alkyl halides is 3. The molecule has 16 aromatic rings. The van der Waals surface area contributed by atoms with E-state index in [0.717, 1.165) is 139 Å². The maximum atomic E-state index is 15.1. The van der Waals surface area contributed by atoms with Crippen molar-refractivity contribution in [2.75, 3.05) is 9.80 Å². The summed E-state index contributed by atoms with van der Waals surface area (Å²) in [6.45, 7) is 16.4. The van der Waals surface area contributed by atoms with Gasteiger partial charge in [0.2, 0.25) is 0 Å². The first-order valence-corrected chi connectivity index (χ1v) is 39.0. The summed E-state index contributed by atoms with van der Waals surface area (Å²) in [5.41, 5.74) is 16.5.